The molecule has 2 heteroatoms. The predicted molar refractivity (Wildman–Crippen MR) is 102 cm³/mol. The maximum Gasteiger partial charge on any atom is 0.0372 e. The molecule has 0 radical (unpaired) electrons. The molecule has 122 valence electrons. The number of benzene rings is 3. The van der Waals surface area contributed by atoms with Crippen molar-refractivity contribution in [2.45, 2.75) is 19.4 Å². The van der Waals surface area contributed by atoms with Gasteiger partial charge in [-0.05, 0) is 47.2 Å². The number of fused-ring (bicyclic) bond motifs is 2. The molecule has 0 bridgehead atoms. The lowest BCUT2D eigenvalue weighted by atomic mass is 9.93. The van der Waals surface area contributed by atoms with Crippen LogP contribution >= 0.6 is 0 Å². The Morgan fingerprint density at radius 3 is 2.75 bits per heavy atom. The monoisotopic (exact) mass is 316 g/mol. The number of hydrogen-bond donors (Lipinski definition) is 2. The Morgan fingerprint density at radius 2 is 1.79 bits per heavy atom. The van der Waals surface area contributed by atoms with Crippen LogP contribution in [0.2, 0.25) is 0 Å². The molecule has 3 aromatic carbocycles. The fourth-order valence-corrected chi connectivity index (χ4v) is 3.73. The summed E-state index contributed by atoms with van der Waals surface area (Å²) in [6.07, 6.45) is 1.15. The molecular weight excluding hydrogens is 292 g/mol. The third-order valence-corrected chi connectivity index (χ3v) is 5.11. The van der Waals surface area contributed by atoms with Gasteiger partial charge in [-0.1, -0.05) is 60.7 Å². The molecule has 0 aliphatic carbocycles. The number of rotatable bonds is 4. The van der Waals surface area contributed by atoms with Gasteiger partial charge in [0.15, 0.2) is 0 Å². The highest BCUT2D eigenvalue weighted by molar-refractivity contribution is 5.86. The maximum absolute atomic E-state index is 3.75. The molecule has 1 unspecified atom stereocenters. The molecule has 0 amide bonds. The summed E-state index contributed by atoms with van der Waals surface area (Å²) in [7, 11) is 0. The van der Waals surface area contributed by atoms with Gasteiger partial charge in [0.2, 0.25) is 0 Å². The number of para-hydroxylation sites is 1. The van der Waals surface area contributed by atoms with Gasteiger partial charge < -0.3 is 10.6 Å². The van der Waals surface area contributed by atoms with Gasteiger partial charge in [0.1, 0.15) is 0 Å². The van der Waals surface area contributed by atoms with Crippen molar-refractivity contribution >= 4 is 16.5 Å². The highest BCUT2D eigenvalue weighted by atomic mass is 14.9. The van der Waals surface area contributed by atoms with Crippen LogP contribution in [0.4, 0.5) is 5.69 Å². The van der Waals surface area contributed by atoms with Gasteiger partial charge in [0, 0.05) is 24.8 Å². The van der Waals surface area contributed by atoms with Gasteiger partial charge in [0.25, 0.3) is 0 Å². The van der Waals surface area contributed by atoms with Gasteiger partial charge in [-0.15, -0.1) is 0 Å². The average molecular weight is 316 g/mol. The summed E-state index contributed by atoms with van der Waals surface area (Å²) in [6, 6.07) is 24.2. The van der Waals surface area contributed by atoms with Crippen molar-refractivity contribution in [3.05, 3.63) is 77.9 Å². The Morgan fingerprint density at radius 1 is 1.00 bits per heavy atom. The van der Waals surface area contributed by atoms with E-state index in [-0.39, 0.29) is 0 Å². The molecular formula is C22H24N2. The minimum atomic E-state index is 0.355. The van der Waals surface area contributed by atoms with E-state index in [1.54, 1.807) is 0 Å². The number of anilines is 1. The molecule has 1 heterocycles. The molecule has 2 atom stereocenters. The maximum atomic E-state index is 3.75. The molecule has 0 spiro atoms. The summed E-state index contributed by atoms with van der Waals surface area (Å²) in [4.78, 5) is 0. The lowest BCUT2D eigenvalue weighted by molar-refractivity contribution is 0.450. The first kappa shape index (κ1) is 15.2. The standard InChI is InChI=1S/C22H24N2/c1-16(20-11-6-9-18-7-2-4-10-21(18)20)23-14-17-13-19-8-3-5-12-22(19)24-15-17/h2-12,16-17,23-24H,13-15H2,1H3/t16-,17?/m1/s1. The molecule has 1 aliphatic rings. The predicted octanol–water partition coefficient (Wildman–Crippen LogP) is 4.77. The van der Waals surface area contributed by atoms with E-state index in [1.807, 2.05) is 0 Å². The van der Waals surface area contributed by atoms with Crippen molar-refractivity contribution in [1.29, 1.82) is 0 Å². The van der Waals surface area contributed by atoms with Crippen LogP contribution in [0.1, 0.15) is 24.1 Å². The summed E-state index contributed by atoms with van der Waals surface area (Å²) >= 11 is 0. The van der Waals surface area contributed by atoms with Crippen LogP contribution in [-0.4, -0.2) is 13.1 Å². The minimum Gasteiger partial charge on any atom is -0.384 e. The highest BCUT2D eigenvalue weighted by Crippen LogP contribution is 2.26. The zero-order valence-corrected chi connectivity index (χ0v) is 14.1. The van der Waals surface area contributed by atoms with Gasteiger partial charge in [-0.2, -0.15) is 0 Å². The van der Waals surface area contributed by atoms with E-state index in [2.05, 4.69) is 84.3 Å². The SMILES string of the molecule is C[C@@H](NCC1CNc2ccccc2C1)c1cccc2ccccc12. The first-order valence-electron chi connectivity index (χ1n) is 8.84. The second-order valence-electron chi connectivity index (χ2n) is 6.81. The van der Waals surface area contributed by atoms with Crippen molar-refractivity contribution < 1.29 is 0 Å². The molecule has 0 fully saturated rings. The van der Waals surface area contributed by atoms with Crippen LogP contribution in [0, 0.1) is 5.92 Å². The molecule has 0 saturated carbocycles. The highest BCUT2D eigenvalue weighted by Gasteiger charge is 2.18. The summed E-state index contributed by atoms with van der Waals surface area (Å²) in [5.41, 5.74) is 4.13. The van der Waals surface area contributed by atoms with Gasteiger partial charge >= 0.3 is 0 Å². The van der Waals surface area contributed by atoms with Crippen LogP contribution in [0.5, 0.6) is 0 Å². The van der Waals surface area contributed by atoms with E-state index < -0.39 is 0 Å². The topological polar surface area (TPSA) is 24.1 Å². The fourth-order valence-electron chi connectivity index (χ4n) is 3.73. The van der Waals surface area contributed by atoms with E-state index >= 15 is 0 Å². The Bertz CT molecular complexity index is 835. The van der Waals surface area contributed by atoms with Crippen LogP contribution in [-0.2, 0) is 6.42 Å². The Kier molecular flexibility index (Phi) is 4.22. The molecule has 24 heavy (non-hydrogen) atoms. The largest absolute Gasteiger partial charge is 0.384 e. The van der Waals surface area contributed by atoms with E-state index in [0.29, 0.717) is 12.0 Å². The van der Waals surface area contributed by atoms with Crippen LogP contribution < -0.4 is 10.6 Å². The van der Waals surface area contributed by atoms with Gasteiger partial charge in [0.05, 0.1) is 0 Å². The zero-order chi connectivity index (χ0) is 16.4. The second kappa shape index (κ2) is 6.66. The fraction of sp³-hybridized carbons (Fsp3) is 0.273. The Labute approximate surface area is 143 Å². The summed E-state index contributed by atoms with van der Waals surface area (Å²) in [5, 5.41) is 9.99. The Hall–Kier alpha value is -2.32. The van der Waals surface area contributed by atoms with Crippen molar-refractivity contribution in [2.75, 3.05) is 18.4 Å². The van der Waals surface area contributed by atoms with Gasteiger partial charge in [-0.3, -0.25) is 0 Å². The first-order chi connectivity index (χ1) is 11.8. The number of nitrogens with one attached hydrogen (secondary N) is 2. The van der Waals surface area contributed by atoms with Crippen LogP contribution in [0.15, 0.2) is 66.7 Å². The molecule has 2 N–H and O–H groups in total. The lowest BCUT2D eigenvalue weighted by Gasteiger charge is -2.28. The second-order valence-corrected chi connectivity index (χ2v) is 6.81. The smallest absolute Gasteiger partial charge is 0.0372 e. The molecule has 0 saturated heterocycles. The zero-order valence-electron chi connectivity index (χ0n) is 14.1. The van der Waals surface area contributed by atoms with Crippen molar-refractivity contribution in [2.24, 2.45) is 5.92 Å². The van der Waals surface area contributed by atoms with Crippen molar-refractivity contribution in [1.82, 2.24) is 5.32 Å². The van der Waals surface area contributed by atoms with E-state index in [0.717, 1.165) is 19.5 Å². The normalized spacial score (nSPS) is 18.0. The summed E-state index contributed by atoms with van der Waals surface area (Å²) in [6.45, 7) is 4.35. The van der Waals surface area contributed by atoms with E-state index in [9.17, 15) is 0 Å². The molecule has 1 aliphatic heterocycles. The van der Waals surface area contributed by atoms with E-state index in [4.69, 9.17) is 0 Å². The van der Waals surface area contributed by atoms with Crippen molar-refractivity contribution in [3.63, 3.8) is 0 Å². The molecule has 3 aromatic rings. The third-order valence-electron chi connectivity index (χ3n) is 5.11. The number of hydrogen-bond acceptors (Lipinski definition) is 2. The van der Waals surface area contributed by atoms with Gasteiger partial charge in [-0.25, -0.2) is 0 Å². The minimum absolute atomic E-state index is 0.355. The first-order valence-corrected chi connectivity index (χ1v) is 8.84. The van der Waals surface area contributed by atoms with E-state index in [1.165, 1.54) is 27.6 Å². The molecule has 0 aromatic heterocycles. The van der Waals surface area contributed by atoms with Crippen molar-refractivity contribution in [3.8, 4) is 0 Å². The average Bonchev–Trinajstić information content (AvgIpc) is 2.65. The Balaban J connectivity index is 1.44. The van der Waals surface area contributed by atoms with Crippen LogP contribution in [0.25, 0.3) is 10.8 Å². The summed E-state index contributed by atoms with van der Waals surface area (Å²) in [5.74, 6) is 0.636. The quantitative estimate of drug-likeness (QED) is 0.724. The van der Waals surface area contributed by atoms with Crippen LogP contribution in [0.3, 0.4) is 0 Å². The third kappa shape index (κ3) is 3.02. The molecule has 2 nitrogen and oxygen atoms in total. The molecule has 4 rings (SSSR count). The summed E-state index contributed by atoms with van der Waals surface area (Å²) < 4.78 is 0. The lowest BCUT2D eigenvalue weighted by Crippen LogP contribution is -2.33.